The highest BCUT2D eigenvalue weighted by Crippen LogP contribution is 2.20. The molecule has 1 fully saturated rings. The highest BCUT2D eigenvalue weighted by atomic mass is 16.5. The van der Waals surface area contributed by atoms with Crippen LogP contribution < -0.4 is 0 Å². The molecule has 1 saturated heterocycles. The second-order valence-corrected chi connectivity index (χ2v) is 5.26. The fraction of sp³-hybridized carbons (Fsp3) is 0.733. The van der Waals surface area contributed by atoms with Crippen molar-refractivity contribution in [1.29, 1.82) is 5.41 Å². The van der Waals surface area contributed by atoms with Gasteiger partial charge in [0.2, 0.25) is 5.91 Å². The number of carbonyl (C=O) groups is 1. The Morgan fingerprint density at radius 3 is 2.42 bits per heavy atom. The molecule has 0 spiro atoms. The van der Waals surface area contributed by atoms with E-state index in [0.29, 0.717) is 32.7 Å². The molecule has 0 radical (unpaired) electrons. The number of nitrogens with one attached hydrogen (secondary N) is 1. The lowest BCUT2D eigenvalue weighted by Gasteiger charge is -2.30. The maximum atomic E-state index is 12.4. The van der Waals surface area contributed by atoms with E-state index >= 15 is 0 Å². The van der Waals surface area contributed by atoms with E-state index in [0.717, 1.165) is 23.3 Å². The molecule has 0 aromatic rings. The van der Waals surface area contributed by atoms with Gasteiger partial charge in [-0.05, 0) is 27.2 Å². The first kappa shape index (κ1) is 15.9. The molecular weight excluding hydrogens is 240 g/mol. The van der Waals surface area contributed by atoms with Gasteiger partial charge in [0.05, 0.1) is 19.1 Å². The third-order valence-electron chi connectivity index (χ3n) is 3.92. The molecule has 1 aliphatic rings. The van der Waals surface area contributed by atoms with Gasteiger partial charge in [-0.3, -0.25) is 4.79 Å². The van der Waals surface area contributed by atoms with Crippen molar-refractivity contribution in [3.05, 3.63) is 11.1 Å². The minimum absolute atomic E-state index is 0.0947. The fourth-order valence-electron chi connectivity index (χ4n) is 2.20. The summed E-state index contributed by atoms with van der Waals surface area (Å²) in [6.45, 7) is 10.7. The Hall–Kier alpha value is -1.16. The summed E-state index contributed by atoms with van der Waals surface area (Å²) in [5.74, 6) is 0.0888. The number of rotatable bonds is 5. The van der Waals surface area contributed by atoms with Crippen LogP contribution in [0.15, 0.2) is 11.1 Å². The lowest BCUT2D eigenvalue weighted by molar-refractivity contribution is -0.137. The van der Waals surface area contributed by atoms with Gasteiger partial charge in [-0.1, -0.05) is 18.1 Å². The molecule has 0 saturated carbocycles. The van der Waals surface area contributed by atoms with Gasteiger partial charge < -0.3 is 15.0 Å². The molecule has 1 N–H and O–H groups in total. The average Bonchev–Trinajstić information content (AvgIpc) is 2.45. The molecule has 4 nitrogen and oxygen atoms in total. The number of hydrogen-bond acceptors (Lipinski definition) is 3. The summed E-state index contributed by atoms with van der Waals surface area (Å²) in [6.07, 6.45) is 1.46. The van der Waals surface area contributed by atoms with Crippen LogP contribution in [-0.2, 0) is 9.53 Å². The van der Waals surface area contributed by atoms with Gasteiger partial charge in [-0.25, -0.2) is 0 Å². The molecule has 0 aliphatic carbocycles. The monoisotopic (exact) mass is 266 g/mol. The Bertz CT molecular complexity index is 368. The van der Waals surface area contributed by atoms with Crippen molar-refractivity contribution >= 4 is 11.6 Å². The van der Waals surface area contributed by atoms with Crippen molar-refractivity contribution in [3.63, 3.8) is 0 Å². The number of ether oxygens (including phenoxy) is 1. The highest BCUT2D eigenvalue weighted by molar-refractivity contribution is 5.84. The van der Waals surface area contributed by atoms with Gasteiger partial charge in [0.15, 0.2) is 0 Å². The van der Waals surface area contributed by atoms with E-state index in [1.807, 2.05) is 32.6 Å². The van der Waals surface area contributed by atoms with Crippen molar-refractivity contribution in [3.8, 4) is 0 Å². The summed E-state index contributed by atoms with van der Waals surface area (Å²) in [7, 11) is 0. The minimum Gasteiger partial charge on any atom is -0.378 e. The third-order valence-corrected chi connectivity index (χ3v) is 3.92. The average molecular weight is 266 g/mol. The van der Waals surface area contributed by atoms with Crippen LogP contribution in [0.1, 0.15) is 40.5 Å². The van der Waals surface area contributed by atoms with E-state index < -0.39 is 0 Å². The number of hydrogen-bond donors (Lipinski definition) is 1. The summed E-state index contributed by atoms with van der Waals surface area (Å²) in [4.78, 5) is 14.3. The summed E-state index contributed by atoms with van der Waals surface area (Å²) < 4.78 is 5.27. The Morgan fingerprint density at radius 2 is 1.89 bits per heavy atom. The van der Waals surface area contributed by atoms with Gasteiger partial charge in [0.1, 0.15) is 0 Å². The Balaban J connectivity index is 2.68. The number of nitrogens with zero attached hydrogens (tertiary/aromatic N) is 1. The minimum atomic E-state index is -0.0947. The van der Waals surface area contributed by atoms with Crippen molar-refractivity contribution in [2.45, 2.75) is 40.5 Å². The summed E-state index contributed by atoms with van der Waals surface area (Å²) in [6, 6.07) is 0. The smallest absolute Gasteiger partial charge is 0.229 e. The first-order chi connectivity index (χ1) is 8.97. The van der Waals surface area contributed by atoms with Gasteiger partial charge in [0, 0.05) is 25.2 Å². The predicted octanol–water partition coefficient (Wildman–Crippen LogP) is 2.64. The molecule has 1 amide bonds. The SMILES string of the molecule is CCC(=N)C/C(C)=C(/C)C(C)C(=O)N1CCOCC1. The van der Waals surface area contributed by atoms with Crippen molar-refractivity contribution in [2.75, 3.05) is 26.3 Å². The van der Waals surface area contributed by atoms with Crippen molar-refractivity contribution in [2.24, 2.45) is 5.92 Å². The molecule has 19 heavy (non-hydrogen) atoms. The van der Waals surface area contributed by atoms with Crippen LogP contribution in [0.5, 0.6) is 0 Å². The van der Waals surface area contributed by atoms with Gasteiger partial charge >= 0.3 is 0 Å². The van der Waals surface area contributed by atoms with Crippen LogP contribution in [-0.4, -0.2) is 42.8 Å². The molecule has 0 aromatic carbocycles. The van der Waals surface area contributed by atoms with Gasteiger partial charge in [-0.15, -0.1) is 0 Å². The van der Waals surface area contributed by atoms with E-state index in [-0.39, 0.29) is 11.8 Å². The topological polar surface area (TPSA) is 53.4 Å². The predicted molar refractivity (Wildman–Crippen MR) is 77.6 cm³/mol. The second kappa shape index (κ2) is 7.43. The molecule has 1 unspecified atom stereocenters. The number of amides is 1. The molecule has 1 heterocycles. The highest BCUT2D eigenvalue weighted by Gasteiger charge is 2.24. The zero-order valence-corrected chi connectivity index (χ0v) is 12.6. The fourth-order valence-corrected chi connectivity index (χ4v) is 2.20. The molecule has 4 heteroatoms. The van der Waals surface area contributed by atoms with E-state index in [4.69, 9.17) is 10.1 Å². The molecule has 1 atom stereocenters. The largest absolute Gasteiger partial charge is 0.378 e. The number of carbonyl (C=O) groups excluding carboxylic acids is 1. The molecule has 108 valence electrons. The summed E-state index contributed by atoms with van der Waals surface area (Å²) in [5, 5.41) is 7.76. The Morgan fingerprint density at radius 1 is 1.32 bits per heavy atom. The van der Waals surface area contributed by atoms with Gasteiger partial charge in [-0.2, -0.15) is 0 Å². The zero-order chi connectivity index (χ0) is 14.4. The summed E-state index contributed by atoms with van der Waals surface area (Å²) in [5.41, 5.74) is 2.98. The van der Waals surface area contributed by atoms with Crippen molar-refractivity contribution in [1.82, 2.24) is 4.90 Å². The van der Waals surface area contributed by atoms with Gasteiger partial charge in [0.25, 0.3) is 0 Å². The first-order valence-electron chi connectivity index (χ1n) is 7.06. The zero-order valence-electron chi connectivity index (χ0n) is 12.6. The normalized spacial score (nSPS) is 18.8. The maximum Gasteiger partial charge on any atom is 0.229 e. The van der Waals surface area contributed by atoms with E-state index in [1.54, 1.807) is 0 Å². The third kappa shape index (κ3) is 4.46. The lowest BCUT2D eigenvalue weighted by Crippen LogP contribution is -2.43. The standard InChI is InChI=1S/C15H26N2O2/c1-5-14(16)10-11(2)12(3)13(4)15(18)17-6-8-19-9-7-17/h13,16H,5-10H2,1-4H3/b12-11-,16-14?. The molecule has 0 aromatic heterocycles. The molecule has 1 aliphatic heterocycles. The Kier molecular flexibility index (Phi) is 6.22. The van der Waals surface area contributed by atoms with E-state index in [9.17, 15) is 4.79 Å². The molecule has 1 rings (SSSR count). The molecular formula is C15H26N2O2. The summed E-state index contributed by atoms with van der Waals surface area (Å²) >= 11 is 0. The second-order valence-electron chi connectivity index (χ2n) is 5.26. The maximum absolute atomic E-state index is 12.4. The Labute approximate surface area is 116 Å². The first-order valence-corrected chi connectivity index (χ1v) is 7.06. The van der Waals surface area contributed by atoms with Crippen LogP contribution in [0.2, 0.25) is 0 Å². The van der Waals surface area contributed by atoms with Crippen LogP contribution in [0.4, 0.5) is 0 Å². The lowest BCUT2D eigenvalue weighted by atomic mass is 9.93. The number of morpholine rings is 1. The van der Waals surface area contributed by atoms with E-state index in [1.165, 1.54) is 0 Å². The van der Waals surface area contributed by atoms with Crippen LogP contribution in [0, 0.1) is 11.3 Å². The number of allylic oxidation sites excluding steroid dienone is 1. The van der Waals surface area contributed by atoms with Crippen LogP contribution in [0.25, 0.3) is 0 Å². The van der Waals surface area contributed by atoms with E-state index in [2.05, 4.69) is 0 Å². The van der Waals surface area contributed by atoms with Crippen molar-refractivity contribution < 1.29 is 9.53 Å². The molecule has 0 bridgehead atoms. The van der Waals surface area contributed by atoms with Crippen LogP contribution in [0.3, 0.4) is 0 Å². The van der Waals surface area contributed by atoms with Crippen LogP contribution >= 0.6 is 0 Å². The quantitative estimate of drug-likeness (QED) is 0.614.